The van der Waals surface area contributed by atoms with Crippen LogP contribution in [0, 0.1) is 0 Å². The zero-order valence-corrected chi connectivity index (χ0v) is 21.5. The van der Waals surface area contributed by atoms with Gasteiger partial charge in [0.05, 0.1) is 35.5 Å². The van der Waals surface area contributed by atoms with Crippen LogP contribution in [0.2, 0.25) is 0 Å². The number of esters is 1. The topological polar surface area (TPSA) is 116 Å². The number of alkyl halides is 3. The molecule has 1 unspecified atom stereocenters. The number of pyridine rings is 1. The Hall–Kier alpha value is -3.71. The van der Waals surface area contributed by atoms with Crippen molar-refractivity contribution < 1.29 is 36.2 Å². The number of aromatic nitrogens is 4. The van der Waals surface area contributed by atoms with Crippen LogP contribution in [-0.4, -0.2) is 57.9 Å². The SMILES string of the molecule is CCOC(=O)c1cc2cc(Cn3cc(C(O)(CC)C(F)(F)F)nn3)ccn2c1-c1cccc(S(C)(=O)=O)c1. The van der Waals surface area contributed by atoms with E-state index in [2.05, 4.69) is 10.3 Å². The highest BCUT2D eigenvalue weighted by molar-refractivity contribution is 7.90. The fourth-order valence-corrected chi connectivity index (χ4v) is 4.80. The summed E-state index contributed by atoms with van der Waals surface area (Å²) < 4.78 is 72.5. The first-order valence-electron chi connectivity index (χ1n) is 11.6. The Morgan fingerprint density at radius 1 is 1.13 bits per heavy atom. The second-order valence-corrected chi connectivity index (χ2v) is 10.8. The van der Waals surface area contributed by atoms with Crippen molar-refractivity contribution in [2.24, 2.45) is 0 Å². The monoisotopic (exact) mass is 550 g/mol. The van der Waals surface area contributed by atoms with E-state index in [4.69, 9.17) is 4.74 Å². The minimum absolute atomic E-state index is 0.0416. The molecule has 0 fully saturated rings. The Bertz CT molecular complexity index is 1610. The number of ether oxygens (including phenoxy) is 1. The highest BCUT2D eigenvalue weighted by atomic mass is 32.2. The lowest BCUT2D eigenvalue weighted by Gasteiger charge is -2.26. The molecule has 0 amide bonds. The zero-order valence-electron chi connectivity index (χ0n) is 20.7. The molecule has 4 rings (SSSR count). The lowest BCUT2D eigenvalue weighted by molar-refractivity contribution is -0.269. The van der Waals surface area contributed by atoms with E-state index < -0.39 is 39.7 Å². The maximum atomic E-state index is 13.4. The average molecular weight is 551 g/mol. The first-order chi connectivity index (χ1) is 17.8. The number of benzene rings is 1. The molecular formula is C25H25F3N4O5S. The molecule has 0 aliphatic carbocycles. The average Bonchev–Trinajstić information content (AvgIpc) is 3.47. The number of hydrogen-bond donors (Lipinski definition) is 1. The molecule has 3 aromatic heterocycles. The summed E-state index contributed by atoms with van der Waals surface area (Å²) in [6, 6.07) is 11.2. The van der Waals surface area contributed by atoms with Crippen molar-refractivity contribution in [3.05, 3.63) is 71.7 Å². The van der Waals surface area contributed by atoms with Gasteiger partial charge >= 0.3 is 12.1 Å². The second kappa shape index (κ2) is 9.87. The quantitative estimate of drug-likeness (QED) is 0.330. The van der Waals surface area contributed by atoms with Crippen LogP contribution < -0.4 is 0 Å². The van der Waals surface area contributed by atoms with E-state index in [0.717, 1.165) is 12.5 Å². The van der Waals surface area contributed by atoms with Gasteiger partial charge in [0, 0.05) is 23.5 Å². The van der Waals surface area contributed by atoms with Gasteiger partial charge in [-0.1, -0.05) is 24.3 Å². The third-order valence-corrected chi connectivity index (χ3v) is 7.27. The van der Waals surface area contributed by atoms with Gasteiger partial charge in [0.15, 0.2) is 9.84 Å². The molecule has 0 spiro atoms. The first kappa shape index (κ1) is 27.3. The van der Waals surface area contributed by atoms with Gasteiger partial charge in [0.2, 0.25) is 5.60 Å². The summed E-state index contributed by atoms with van der Waals surface area (Å²) in [7, 11) is -3.50. The third kappa shape index (κ3) is 5.03. The Balaban J connectivity index is 1.76. The predicted molar refractivity (Wildman–Crippen MR) is 131 cm³/mol. The van der Waals surface area contributed by atoms with Crippen LogP contribution in [0.25, 0.3) is 16.8 Å². The minimum atomic E-state index is -4.91. The number of halogens is 3. The van der Waals surface area contributed by atoms with Crippen LogP contribution in [0.5, 0.6) is 0 Å². The molecule has 38 heavy (non-hydrogen) atoms. The van der Waals surface area contributed by atoms with Crippen molar-refractivity contribution >= 4 is 21.3 Å². The van der Waals surface area contributed by atoms with Crippen molar-refractivity contribution in [3.63, 3.8) is 0 Å². The van der Waals surface area contributed by atoms with E-state index in [1.165, 1.54) is 23.7 Å². The molecule has 1 atom stereocenters. The number of hydrogen-bond acceptors (Lipinski definition) is 7. The minimum Gasteiger partial charge on any atom is -0.462 e. The van der Waals surface area contributed by atoms with Crippen molar-refractivity contribution in [2.75, 3.05) is 12.9 Å². The van der Waals surface area contributed by atoms with Gasteiger partial charge in [0.25, 0.3) is 0 Å². The van der Waals surface area contributed by atoms with Crippen molar-refractivity contribution in [3.8, 4) is 11.3 Å². The van der Waals surface area contributed by atoms with E-state index in [-0.39, 0.29) is 23.6 Å². The van der Waals surface area contributed by atoms with Gasteiger partial charge in [-0.2, -0.15) is 13.2 Å². The van der Waals surface area contributed by atoms with Crippen LogP contribution in [0.4, 0.5) is 13.2 Å². The smallest absolute Gasteiger partial charge is 0.423 e. The van der Waals surface area contributed by atoms with Crippen LogP contribution in [-0.2, 0) is 26.7 Å². The van der Waals surface area contributed by atoms with Gasteiger partial charge in [0.1, 0.15) is 5.69 Å². The van der Waals surface area contributed by atoms with Gasteiger partial charge in [-0.25, -0.2) is 17.9 Å². The van der Waals surface area contributed by atoms with E-state index in [0.29, 0.717) is 22.3 Å². The summed E-state index contributed by atoms with van der Waals surface area (Å²) in [6.45, 7) is 3.05. The van der Waals surface area contributed by atoms with Crippen LogP contribution in [0.3, 0.4) is 0 Å². The zero-order chi connectivity index (χ0) is 27.9. The summed E-state index contributed by atoms with van der Waals surface area (Å²) in [4.78, 5) is 12.9. The summed E-state index contributed by atoms with van der Waals surface area (Å²) in [5.74, 6) is -0.593. The standard InChI is InChI=1S/C25H25F3N4O5S/c1-4-24(34,25(26,27)28)21-15-31(30-29-21)14-16-9-10-32-18(11-16)13-20(23(33)37-5-2)22(32)17-7-6-8-19(12-17)38(3,35)36/h6-13,15,34H,4-5,14H2,1-3H3. The highest BCUT2D eigenvalue weighted by Crippen LogP contribution is 2.40. The normalized spacial score (nSPS) is 14.0. The lowest BCUT2D eigenvalue weighted by Crippen LogP contribution is -2.42. The van der Waals surface area contributed by atoms with E-state index in [1.54, 1.807) is 47.9 Å². The number of fused-ring (bicyclic) bond motifs is 1. The molecule has 0 aliphatic rings. The van der Waals surface area contributed by atoms with Crippen molar-refractivity contribution in [1.82, 2.24) is 19.4 Å². The summed E-state index contributed by atoms with van der Waals surface area (Å²) in [6.07, 6.45) is -1.74. The van der Waals surface area contributed by atoms with Crippen molar-refractivity contribution in [1.29, 1.82) is 0 Å². The summed E-state index contributed by atoms with van der Waals surface area (Å²) >= 11 is 0. The molecule has 0 radical (unpaired) electrons. The number of aliphatic hydroxyl groups is 1. The third-order valence-electron chi connectivity index (χ3n) is 6.16. The van der Waals surface area contributed by atoms with Crippen LogP contribution >= 0.6 is 0 Å². The number of carbonyl (C=O) groups excluding carboxylic acids is 1. The van der Waals surface area contributed by atoms with Gasteiger partial charge < -0.3 is 14.2 Å². The molecular weight excluding hydrogens is 525 g/mol. The van der Waals surface area contributed by atoms with E-state index in [9.17, 15) is 31.5 Å². The molecule has 0 bridgehead atoms. The molecule has 1 N–H and O–H groups in total. The molecule has 4 aromatic rings. The van der Waals surface area contributed by atoms with E-state index >= 15 is 0 Å². The molecule has 0 aliphatic heterocycles. The molecule has 0 saturated heterocycles. The number of sulfone groups is 1. The van der Waals surface area contributed by atoms with Crippen molar-refractivity contribution in [2.45, 2.75) is 43.5 Å². The van der Waals surface area contributed by atoms with Gasteiger partial charge in [-0.3, -0.25) is 0 Å². The summed E-state index contributed by atoms with van der Waals surface area (Å²) in [5.41, 5.74) is -1.39. The highest BCUT2D eigenvalue weighted by Gasteiger charge is 2.55. The lowest BCUT2D eigenvalue weighted by atomic mass is 9.96. The van der Waals surface area contributed by atoms with Crippen LogP contribution in [0.15, 0.2) is 59.8 Å². The first-order valence-corrected chi connectivity index (χ1v) is 13.5. The molecule has 3 heterocycles. The maximum absolute atomic E-state index is 13.4. The Labute approximate surface area is 216 Å². The maximum Gasteiger partial charge on any atom is 0.423 e. The molecule has 9 nitrogen and oxygen atoms in total. The van der Waals surface area contributed by atoms with Crippen LogP contribution in [0.1, 0.15) is 41.9 Å². The fraction of sp³-hybridized carbons (Fsp3) is 0.320. The molecule has 202 valence electrons. The predicted octanol–water partition coefficient (Wildman–Crippen LogP) is 3.99. The van der Waals surface area contributed by atoms with Gasteiger partial charge in [-0.15, -0.1) is 5.10 Å². The van der Waals surface area contributed by atoms with Gasteiger partial charge in [-0.05, 0) is 49.2 Å². The fourth-order valence-electron chi connectivity index (χ4n) is 4.14. The summed E-state index contributed by atoms with van der Waals surface area (Å²) in [5, 5.41) is 17.4. The number of nitrogens with zero attached hydrogens (tertiary/aromatic N) is 4. The molecule has 0 saturated carbocycles. The Kier molecular flexibility index (Phi) is 7.10. The largest absolute Gasteiger partial charge is 0.462 e. The Morgan fingerprint density at radius 2 is 1.87 bits per heavy atom. The molecule has 1 aromatic carbocycles. The Morgan fingerprint density at radius 3 is 2.50 bits per heavy atom. The second-order valence-electron chi connectivity index (χ2n) is 8.77. The number of rotatable bonds is 8. The molecule has 13 heteroatoms. The number of carbonyl (C=O) groups is 1. The van der Waals surface area contributed by atoms with E-state index in [1.807, 2.05) is 0 Å².